The Morgan fingerprint density at radius 2 is 1.89 bits per heavy atom. The Bertz CT molecular complexity index is 720. The largest absolute Gasteiger partial charge is 0.257 e. The second-order valence-electron chi connectivity index (χ2n) is 4.82. The zero-order chi connectivity index (χ0) is 13.9. The van der Waals surface area contributed by atoms with Crippen molar-refractivity contribution in [2.75, 3.05) is 13.3 Å². The van der Waals surface area contributed by atoms with Gasteiger partial charge in [-0.15, -0.1) is 0 Å². The summed E-state index contributed by atoms with van der Waals surface area (Å²) in [7, 11) is -5.69. The van der Waals surface area contributed by atoms with Crippen LogP contribution < -0.4 is 0 Å². The van der Waals surface area contributed by atoms with Crippen molar-refractivity contribution in [3.05, 3.63) is 18.0 Å². The lowest BCUT2D eigenvalue weighted by atomic mass is 10.0. The van der Waals surface area contributed by atoms with E-state index in [1.54, 1.807) is 13.8 Å². The van der Waals surface area contributed by atoms with Crippen molar-refractivity contribution < 1.29 is 16.8 Å². The molecule has 0 aromatic carbocycles. The molecule has 0 unspecified atom stereocenters. The van der Waals surface area contributed by atoms with E-state index in [1.807, 2.05) is 0 Å². The molecule has 100 valence electrons. The molecule has 0 saturated heterocycles. The number of hydrogen-bond acceptors (Lipinski definition) is 5. The number of fused-ring (bicyclic) bond motifs is 1. The van der Waals surface area contributed by atoms with E-state index in [0.717, 1.165) is 6.26 Å². The minimum Gasteiger partial charge on any atom is -0.257 e. The van der Waals surface area contributed by atoms with E-state index < -0.39 is 25.4 Å². The van der Waals surface area contributed by atoms with Gasteiger partial charge in [-0.2, -0.15) is 4.31 Å². The van der Waals surface area contributed by atoms with Gasteiger partial charge in [0.15, 0.2) is 9.84 Å². The number of nitrogens with zero attached hydrogens (tertiary/aromatic N) is 2. The maximum atomic E-state index is 12.2. The van der Waals surface area contributed by atoms with Gasteiger partial charge in [0.25, 0.3) is 0 Å². The zero-order valence-electron chi connectivity index (χ0n) is 10.5. The lowest BCUT2D eigenvalue weighted by Gasteiger charge is -2.25. The van der Waals surface area contributed by atoms with E-state index in [9.17, 15) is 16.8 Å². The predicted molar refractivity (Wildman–Crippen MR) is 65.3 cm³/mol. The topological polar surface area (TPSA) is 84.4 Å². The molecule has 0 radical (unpaired) electrons. The molecule has 1 aromatic rings. The first kappa shape index (κ1) is 13.4. The molecule has 0 saturated carbocycles. The van der Waals surface area contributed by atoms with Crippen LogP contribution in [-0.4, -0.2) is 39.4 Å². The van der Waals surface area contributed by atoms with E-state index in [1.165, 1.54) is 23.6 Å². The quantitative estimate of drug-likeness (QED) is 0.745. The molecule has 8 heteroatoms. The Balaban J connectivity index is 2.83. The Labute approximate surface area is 107 Å². The molecule has 1 aromatic heterocycles. The van der Waals surface area contributed by atoms with Crippen LogP contribution in [0.4, 0.5) is 0 Å². The maximum Gasteiger partial charge on any atom is 0.245 e. The molecule has 0 atom stereocenters. The van der Waals surface area contributed by atoms with Gasteiger partial charge in [-0.1, -0.05) is 0 Å². The SMILES string of the molecule is CN1C(C)(C)c2ncc(S(C)(=O)=O)cc2S1(=O)=O. The average Bonchev–Trinajstić information content (AvgIpc) is 2.37. The van der Waals surface area contributed by atoms with Crippen molar-refractivity contribution in [2.45, 2.75) is 29.2 Å². The Kier molecular flexibility index (Phi) is 2.63. The summed E-state index contributed by atoms with van der Waals surface area (Å²) in [5, 5.41) is 0. The maximum absolute atomic E-state index is 12.2. The monoisotopic (exact) mass is 290 g/mol. The first-order valence-corrected chi connectivity index (χ1v) is 8.52. The molecule has 2 rings (SSSR count). The van der Waals surface area contributed by atoms with Crippen LogP contribution in [0.25, 0.3) is 0 Å². The van der Waals surface area contributed by atoms with Crippen LogP contribution in [-0.2, 0) is 25.4 Å². The van der Waals surface area contributed by atoms with E-state index >= 15 is 0 Å². The van der Waals surface area contributed by atoms with Crippen molar-refractivity contribution in [3.8, 4) is 0 Å². The molecule has 0 spiro atoms. The molecule has 0 aliphatic carbocycles. The fourth-order valence-electron chi connectivity index (χ4n) is 1.88. The molecule has 1 aliphatic rings. The lowest BCUT2D eigenvalue weighted by Crippen LogP contribution is -2.35. The van der Waals surface area contributed by atoms with Crippen LogP contribution in [0.2, 0.25) is 0 Å². The summed E-state index contributed by atoms with van der Waals surface area (Å²) in [6.45, 7) is 3.45. The third-order valence-corrected chi connectivity index (χ3v) is 6.39. The van der Waals surface area contributed by atoms with E-state index in [2.05, 4.69) is 4.98 Å². The summed E-state index contributed by atoms with van der Waals surface area (Å²) in [4.78, 5) is 3.91. The van der Waals surface area contributed by atoms with Gasteiger partial charge >= 0.3 is 0 Å². The van der Waals surface area contributed by atoms with E-state index in [-0.39, 0.29) is 9.79 Å². The number of aromatic nitrogens is 1. The van der Waals surface area contributed by atoms with Gasteiger partial charge in [0.05, 0.1) is 16.1 Å². The van der Waals surface area contributed by atoms with Gasteiger partial charge in [-0.05, 0) is 19.9 Å². The highest BCUT2D eigenvalue weighted by Gasteiger charge is 2.47. The van der Waals surface area contributed by atoms with Gasteiger partial charge in [-0.25, -0.2) is 16.8 Å². The minimum atomic E-state index is -3.67. The van der Waals surface area contributed by atoms with E-state index in [4.69, 9.17) is 0 Å². The lowest BCUT2D eigenvalue weighted by molar-refractivity contribution is 0.280. The normalized spacial score (nSPS) is 21.8. The van der Waals surface area contributed by atoms with Gasteiger partial charge in [0.2, 0.25) is 10.0 Å². The summed E-state index contributed by atoms with van der Waals surface area (Å²) in [6.07, 6.45) is 2.22. The van der Waals surface area contributed by atoms with Crippen molar-refractivity contribution >= 4 is 19.9 Å². The van der Waals surface area contributed by atoms with Crippen molar-refractivity contribution in [3.63, 3.8) is 0 Å². The predicted octanol–water partition coefficient (Wildman–Crippen LogP) is 0.354. The third-order valence-electron chi connectivity index (χ3n) is 3.26. The van der Waals surface area contributed by atoms with Gasteiger partial charge < -0.3 is 0 Å². The second kappa shape index (κ2) is 3.52. The summed E-state index contributed by atoms with van der Waals surface area (Å²) in [5.41, 5.74) is -0.401. The molecule has 18 heavy (non-hydrogen) atoms. The molecule has 0 bridgehead atoms. The van der Waals surface area contributed by atoms with Crippen LogP contribution in [0.5, 0.6) is 0 Å². The van der Waals surface area contributed by atoms with Crippen LogP contribution in [0.3, 0.4) is 0 Å². The molecule has 0 amide bonds. The number of pyridine rings is 1. The molecular formula is C10H14N2O4S2. The van der Waals surface area contributed by atoms with E-state index in [0.29, 0.717) is 5.69 Å². The smallest absolute Gasteiger partial charge is 0.245 e. The van der Waals surface area contributed by atoms with Gasteiger partial charge in [-0.3, -0.25) is 4.98 Å². The summed E-state index contributed by atoms with van der Waals surface area (Å²) in [5.74, 6) is 0. The molecular weight excluding hydrogens is 276 g/mol. The summed E-state index contributed by atoms with van der Waals surface area (Å²) < 4.78 is 48.4. The fraction of sp³-hybridized carbons (Fsp3) is 0.500. The highest BCUT2D eigenvalue weighted by atomic mass is 32.2. The third kappa shape index (κ3) is 1.67. The standard InChI is InChI=1S/C10H14N2O4S2/c1-10(2)9-8(18(15,16)12(10)3)5-7(6-11-9)17(4,13)14/h5-6H,1-4H3. The van der Waals surface area contributed by atoms with Crippen LogP contribution in [0, 0.1) is 0 Å². The number of hydrogen-bond donors (Lipinski definition) is 0. The highest BCUT2D eigenvalue weighted by molar-refractivity contribution is 7.91. The highest BCUT2D eigenvalue weighted by Crippen LogP contribution is 2.41. The zero-order valence-corrected chi connectivity index (χ0v) is 12.1. The Morgan fingerprint density at radius 3 is 2.39 bits per heavy atom. The first-order valence-electron chi connectivity index (χ1n) is 5.18. The van der Waals surface area contributed by atoms with Gasteiger partial charge in [0, 0.05) is 19.5 Å². The molecule has 0 fully saturated rings. The Morgan fingerprint density at radius 1 is 1.33 bits per heavy atom. The summed E-state index contributed by atoms with van der Waals surface area (Å²) in [6, 6.07) is 1.18. The van der Waals surface area contributed by atoms with Crippen LogP contribution >= 0.6 is 0 Å². The number of sulfonamides is 1. The van der Waals surface area contributed by atoms with Crippen LogP contribution in [0.15, 0.2) is 22.1 Å². The first-order chi connectivity index (χ1) is 7.99. The molecule has 6 nitrogen and oxygen atoms in total. The van der Waals surface area contributed by atoms with Crippen molar-refractivity contribution in [1.82, 2.24) is 9.29 Å². The van der Waals surface area contributed by atoms with Crippen molar-refractivity contribution in [2.24, 2.45) is 0 Å². The fourth-order valence-corrected chi connectivity index (χ4v) is 4.34. The van der Waals surface area contributed by atoms with Crippen LogP contribution in [0.1, 0.15) is 19.5 Å². The molecule has 2 heterocycles. The van der Waals surface area contributed by atoms with Gasteiger partial charge in [0.1, 0.15) is 4.90 Å². The molecule has 1 aliphatic heterocycles. The average molecular weight is 290 g/mol. The minimum absolute atomic E-state index is 0.0297. The number of rotatable bonds is 1. The van der Waals surface area contributed by atoms with Crippen molar-refractivity contribution in [1.29, 1.82) is 0 Å². The number of sulfone groups is 1. The Hall–Kier alpha value is -0.990. The second-order valence-corrected chi connectivity index (χ2v) is 8.77. The summed E-state index contributed by atoms with van der Waals surface area (Å²) >= 11 is 0. The molecule has 0 N–H and O–H groups in total.